The zero-order chi connectivity index (χ0) is 19.0. The molecule has 3 aliphatic rings. The number of hydrogen-bond donors (Lipinski definition) is 1. The minimum atomic E-state index is -0.254. The normalized spacial score (nSPS) is 22.0. The summed E-state index contributed by atoms with van der Waals surface area (Å²) in [4.78, 5) is 29.5. The van der Waals surface area contributed by atoms with Gasteiger partial charge < -0.3 is 14.9 Å². The van der Waals surface area contributed by atoms with E-state index in [4.69, 9.17) is 11.6 Å². The molecule has 3 aliphatic heterocycles. The molecule has 2 aromatic carbocycles. The predicted molar refractivity (Wildman–Crippen MR) is 103 cm³/mol. The van der Waals surface area contributed by atoms with E-state index < -0.39 is 0 Å². The van der Waals surface area contributed by atoms with Gasteiger partial charge in [-0.1, -0.05) is 41.9 Å². The molecule has 1 N–H and O–H groups in total. The molecule has 2 bridgehead atoms. The van der Waals surface area contributed by atoms with Crippen molar-refractivity contribution in [2.45, 2.75) is 25.4 Å². The molecule has 3 fully saturated rings. The second-order valence-electron chi connectivity index (χ2n) is 7.25. The first-order valence-electron chi connectivity index (χ1n) is 9.15. The van der Waals surface area contributed by atoms with Crippen LogP contribution in [0, 0.1) is 5.92 Å². The average Bonchev–Trinajstić information content (AvgIpc) is 2.95. The van der Waals surface area contributed by atoms with Crippen molar-refractivity contribution < 1.29 is 14.7 Å². The number of rotatable bonds is 3. The maximum absolute atomic E-state index is 13.0. The molecular weight excluding hydrogens is 364 g/mol. The second-order valence-corrected chi connectivity index (χ2v) is 7.69. The highest BCUT2D eigenvalue weighted by atomic mass is 35.5. The summed E-state index contributed by atoms with van der Waals surface area (Å²) in [7, 11) is 0. The van der Waals surface area contributed by atoms with Gasteiger partial charge >= 0.3 is 0 Å². The zero-order valence-electron chi connectivity index (χ0n) is 14.8. The number of amides is 2. The number of phenolic OH excluding ortho intramolecular Hbond substituents is 1. The van der Waals surface area contributed by atoms with Crippen LogP contribution in [0.2, 0.25) is 5.02 Å². The molecule has 0 radical (unpaired) electrons. The minimum absolute atomic E-state index is 0.00477. The maximum atomic E-state index is 13.0. The van der Waals surface area contributed by atoms with Crippen LogP contribution in [0.3, 0.4) is 0 Å². The van der Waals surface area contributed by atoms with Gasteiger partial charge in [0, 0.05) is 30.7 Å². The van der Waals surface area contributed by atoms with E-state index in [-0.39, 0.29) is 35.1 Å². The molecule has 0 spiro atoms. The van der Waals surface area contributed by atoms with Gasteiger partial charge in [0.25, 0.3) is 5.91 Å². The minimum Gasteiger partial charge on any atom is -0.507 e. The van der Waals surface area contributed by atoms with Crippen LogP contribution in [0.25, 0.3) is 0 Å². The maximum Gasteiger partial charge on any atom is 0.257 e. The molecular formula is C21H21ClN2O3. The fraction of sp³-hybridized carbons (Fsp3) is 0.333. The monoisotopic (exact) mass is 384 g/mol. The summed E-state index contributed by atoms with van der Waals surface area (Å²) in [5, 5.41) is 10.5. The smallest absolute Gasteiger partial charge is 0.257 e. The van der Waals surface area contributed by atoms with Crippen LogP contribution in [0.4, 0.5) is 0 Å². The number of carbonyl (C=O) groups is 2. The third-order valence-corrected chi connectivity index (χ3v) is 5.70. The number of hydrogen-bond acceptors (Lipinski definition) is 3. The third kappa shape index (κ3) is 3.52. The SMILES string of the molecule is O=C(c1ccc(Cl)cc1O)N1C[C@@H]2CC[C@H](C1)N(Cc1ccccc1)C2=O. The molecule has 2 atom stereocenters. The van der Waals surface area contributed by atoms with Crippen molar-refractivity contribution in [3.8, 4) is 5.75 Å². The van der Waals surface area contributed by atoms with Crippen molar-refractivity contribution in [1.82, 2.24) is 9.80 Å². The molecule has 2 aromatic rings. The number of fused-ring (bicyclic) bond motifs is 4. The van der Waals surface area contributed by atoms with Crippen LogP contribution in [0.5, 0.6) is 5.75 Å². The molecule has 140 valence electrons. The second kappa shape index (κ2) is 7.24. The summed E-state index contributed by atoms with van der Waals surface area (Å²) >= 11 is 5.87. The summed E-state index contributed by atoms with van der Waals surface area (Å²) in [6, 6.07) is 14.4. The summed E-state index contributed by atoms with van der Waals surface area (Å²) < 4.78 is 0. The van der Waals surface area contributed by atoms with Crippen LogP contribution in [-0.4, -0.2) is 45.9 Å². The Kier molecular flexibility index (Phi) is 4.79. The van der Waals surface area contributed by atoms with Crippen LogP contribution in [0.1, 0.15) is 28.8 Å². The molecule has 5 nitrogen and oxygen atoms in total. The summed E-state index contributed by atoms with van der Waals surface area (Å²) in [6.07, 6.45) is 1.69. The fourth-order valence-electron chi connectivity index (χ4n) is 4.05. The lowest BCUT2D eigenvalue weighted by Gasteiger charge is -2.36. The highest BCUT2D eigenvalue weighted by Gasteiger charge is 2.42. The molecule has 3 heterocycles. The Morgan fingerprint density at radius 2 is 1.89 bits per heavy atom. The Morgan fingerprint density at radius 3 is 2.63 bits per heavy atom. The first-order chi connectivity index (χ1) is 13.0. The predicted octanol–water partition coefficient (Wildman–Crippen LogP) is 3.31. The van der Waals surface area contributed by atoms with Gasteiger partial charge in [-0.15, -0.1) is 0 Å². The highest BCUT2D eigenvalue weighted by Crippen LogP contribution is 2.32. The van der Waals surface area contributed by atoms with Crippen LogP contribution >= 0.6 is 11.6 Å². The van der Waals surface area contributed by atoms with E-state index in [1.54, 1.807) is 11.0 Å². The molecule has 6 heteroatoms. The van der Waals surface area contributed by atoms with Gasteiger partial charge in [-0.2, -0.15) is 0 Å². The molecule has 2 amide bonds. The van der Waals surface area contributed by atoms with Gasteiger partial charge in [0.1, 0.15) is 5.75 Å². The topological polar surface area (TPSA) is 60.9 Å². The standard InChI is InChI=1S/C21H21ClN2O3/c22-16-7-9-18(19(25)10-16)21(27)23-12-15-6-8-17(13-23)24(20(15)26)11-14-4-2-1-3-5-14/h1-5,7,9-10,15,17,25H,6,8,11-13H2/t15-,17+/m0/s1. The molecule has 3 saturated heterocycles. The summed E-state index contributed by atoms with van der Waals surface area (Å²) in [5.74, 6) is -0.455. The number of phenols is 1. The van der Waals surface area contributed by atoms with Crippen molar-refractivity contribution in [2.24, 2.45) is 5.92 Å². The number of benzene rings is 2. The number of nitrogens with zero attached hydrogens (tertiary/aromatic N) is 2. The number of piperidine rings is 1. The van der Waals surface area contributed by atoms with Gasteiger partial charge in [-0.3, -0.25) is 9.59 Å². The van der Waals surface area contributed by atoms with E-state index in [1.807, 2.05) is 35.2 Å². The number of carbonyl (C=O) groups excluding carboxylic acids is 2. The van der Waals surface area contributed by atoms with Gasteiger partial charge in [0.05, 0.1) is 11.5 Å². The first kappa shape index (κ1) is 17.9. The van der Waals surface area contributed by atoms with Crippen molar-refractivity contribution >= 4 is 23.4 Å². The zero-order valence-corrected chi connectivity index (χ0v) is 15.6. The van der Waals surface area contributed by atoms with E-state index in [9.17, 15) is 14.7 Å². The molecule has 0 aliphatic carbocycles. The quantitative estimate of drug-likeness (QED) is 0.883. The van der Waals surface area contributed by atoms with Crippen LogP contribution in [-0.2, 0) is 11.3 Å². The number of aromatic hydroxyl groups is 1. The lowest BCUT2D eigenvalue weighted by molar-refractivity contribution is -0.140. The van der Waals surface area contributed by atoms with Gasteiger partial charge in [-0.05, 0) is 36.6 Å². The van der Waals surface area contributed by atoms with Gasteiger partial charge in [0.15, 0.2) is 0 Å². The molecule has 27 heavy (non-hydrogen) atoms. The lowest BCUT2D eigenvalue weighted by atomic mass is 9.93. The van der Waals surface area contributed by atoms with Crippen molar-refractivity contribution in [3.05, 3.63) is 64.7 Å². The number of halogens is 1. The summed E-state index contributed by atoms with van der Waals surface area (Å²) in [6.45, 7) is 1.44. The Balaban J connectivity index is 1.57. The largest absolute Gasteiger partial charge is 0.507 e. The Labute approximate surface area is 163 Å². The van der Waals surface area contributed by atoms with E-state index in [0.29, 0.717) is 24.7 Å². The average molecular weight is 385 g/mol. The molecule has 0 unspecified atom stereocenters. The van der Waals surface area contributed by atoms with Gasteiger partial charge in [0.2, 0.25) is 5.91 Å². The third-order valence-electron chi connectivity index (χ3n) is 5.47. The highest BCUT2D eigenvalue weighted by molar-refractivity contribution is 6.30. The fourth-order valence-corrected chi connectivity index (χ4v) is 4.22. The van der Waals surface area contributed by atoms with Crippen molar-refractivity contribution in [1.29, 1.82) is 0 Å². The Morgan fingerprint density at radius 1 is 1.11 bits per heavy atom. The summed E-state index contributed by atoms with van der Waals surface area (Å²) in [5.41, 5.74) is 1.31. The van der Waals surface area contributed by atoms with Gasteiger partial charge in [-0.25, -0.2) is 0 Å². The molecule has 0 aromatic heterocycles. The van der Waals surface area contributed by atoms with E-state index in [0.717, 1.165) is 18.4 Å². The molecule has 0 saturated carbocycles. The van der Waals surface area contributed by atoms with Crippen molar-refractivity contribution in [3.63, 3.8) is 0 Å². The Hall–Kier alpha value is -2.53. The lowest BCUT2D eigenvalue weighted by Crippen LogP contribution is -2.47. The van der Waals surface area contributed by atoms with Crippen LogP contribution in [0.15, 0.2) is 48.5 Å². The first-order valence-corrected chi connectivity index (χ1v) is 9.53. The van der Waals surface area contributed by atoms with E-state index in [1.165, 1.54) is 12.1 Å². The van der Waals surface area contributed by atoms with E-state index >= 15 is 0 Å². The van der Waals surface area contributed by atoms with E-state index in [2.05, 4.69) is 0 Å². The van der Waals surface area contributed by atoms with Crippen molar-refractivity contribution in [2.75, 3.05) is 13.1 Å². The molecule has 5 rings (SSSR count). The van der Waals surface area contributed by atoms with Crippen LogP contribution < -0.4 is 0 Å². The Bertz CT molecular complexity index is 871.